The molecule has 0 aliphatic rings. The summed E-state index contributed by atoms with van der Waals surface area (Å²) in [5.41, 5.74) is 1.02. The van der Waals surface area contributed by atoms with E-state index in [1.807, 2.05) is 0 Å². The van der Waals surface area contributed by atoms with Crippen molar-refractivity contribution in [2.45, 2.75) is 19.3 Å². The maximum atomic E-state index is 8.46. The van der Waals surface area contributed by atoms with E-state index >= 15 is 0 Å². The molecule has 0 spiro atoms. The summed E-state index contributed by atoms with van der Waals surface area (Å²) in [5.74, 6) is 0. The average molecular weight is 246 g/mol. The van der Waals surface area contributed by atoms with Gasteiger partial charge in [-0.3, -0.25) is 0 Å². The van der Waals surface area contributed by atoms with E-state index in [0.29, 0.717) is 0 Å². The molecular formula is C7H11N2OPd-. The van der Waals surface area contributed by atoms with Gasteiger partial charge in [0.2, 0.25) is 0 Å². The molecule has 11 heavy (non-hydrogen) atoms. The zero-order valence-corrected chi connectivity index (χ0v) is 7.70. The monoisotopic (exact) mass is 245 g/mol. The standard InChI is InChI=1S/C7H11N2O.Pd/c10-4-2-1-3-7-5-8-6-9-7;/h5-6,10H,1-4H2;/q-1;. The molecule has 0 amide bonds. The SMILES string of the molecule is OCCCCc1c[n-]cn1.[Pd]. The van der Waals surface area contributed by atoms with Crippen molar-refractivity contribution in [1.82, 2.24) is 9.97 Å². The minimum atomic E-state index is 0. The Balaban J connectivity index is 0.000001000. The van der Waals surface area contributed by atoms with Gasteiger partial charge < -0.3 is 15.1 Å². The molecule has 0 aliphatic heterocycles. The predicted octanol–water partition coefficient (Wildman–Crippen LogP) is 0.351. The van der Waals surface area contributed by atoms with Gasteiger partial charge in [0.25, 0.3) is 0 Å². The number of nitrogens with zero attached hydrogens (tertiary/aromatic N) is 2. The topological polar surface area (TPSA) is 47.2 Å². The number of rotatable bonds is 4. The van der Waals surface area contributed by atoms with Crippen molar-refractivity contribution in [3.8, 4) is 0 Å². The Morgan fingerprint density at radius 2 is 2.27 bits per heavy atom. The third kappa shape index (κ3) is 4.31. The third-order valence-corrected chi connectivity index (χ3v) is 1.35. The van der Waals surface area contributed by atoms with Crippen LogP contribution in [0.4, 0.5) is 0 Å². The Kier molecular flexibility index (Phi) is 6.44. The number of aliphatic hydroxyl groups is 1. The zero-order chi connectivity index (χ0) is 7.23. The minimum Gasteiger partial charge on any atom is -0.450 e. The fourth-order valence-corrected chi connectivity index (χ4v) is 0.807. The Labute approximate surface area is 79.9 Å². The van der Waals surface area contributed by atoms with E-state index in [2.05, 4.69) is 9.97 Å². The third-order valence-electron chi connectivity index (χ3n) is 1.35. The van der Waals surface area contributed by atoms with Gasteiger partial charge in [-0.25, -0.2) is 0 Å². The van der Waals surface area contributed by atoms with Crippen molar-refractivity contribution in [3.05, 3.63) is 18.2 Å². The molecule has 0 unspecified atom stereocenters. The van der Waals surface area contributed by atoms with Gasteiger partial charge in [0.15, 0.2) is 0 Å². The van der Waals surface area contributed by atoms with Gasteiger partial charge in [0.05, 0.1) is 0 Å². The van der Waals surface area contributed by atoms with Gasteiger partial charge in [0.1, 0.15) is 0 Å². The van der Waals surface area contributed by atoms with Crippen molar-refractivity contribution < 1.29 is 25.5 Å². The van der Waals surface area contributed by atoms with Crippen LogP contribution in [0.15, 0.2) is 12.5 Å². The molecular weight excluding hydrogens is 235 g/mol. The second-order valence-electron chi connectivity index (χ2n) is 2.19. The molecule has 1 heterocycles. The number of aromatic nitrogens is 2. The number of aryl methyl sites for hydroxylation is 1. The van der Waals surface area contributed by atoms with Crippen LogP contribution in [0, 0.1) is 0 Å². The van der Waals surface area contributed by atoms with Crippen LogP contribution in [0.5, 0.6) is 0 Å². The van der Waals surface area contributed by atoms with Crippen LogP contribution < -0.4 is 4.98 Å². The fraction of sp³-hybridized carbons (Fsp3) is 0.571. The molecule has 0 aromatic carbocycles. The van der Waals surface area contributed by atoms with Crippen molar-refractivity contribution in [2.75, 3.05) is 6.61 Å². The number of imidazole rings is 1. The van der Waals surface area contributed by atoms with E-state index in [0.717, 1.165) is 25.0 Å². The summed E-state index contributed by atoms with van der Waals surface area (Å²) >= 11 is 0. The van der Waals surface area contributed by atoms with Crippen molar-refractivity contribution in [3.63, 3.8) is 0 Å². The molecule has 0 saturated carbocycles. The Morgan fingerprint density at radius 3 is 2.82 bits per heavy atom. The molecule has 0 atom stereocenters. The summed E-state index contributed by atoms with van der Waals surface area (Å²) in [6.45, 7) is 0.272. The van der Waals surface area contributed by atoms with Gasteiger partial charge in [-0.05, 0) is 19.3 Å². The molecule has 0 fully saturated rings. The number of hydrogen-bond acceptors (Lipinski definition) is 2. The molecule has 3 nitrogen and oxygen atoms in total. The van der Waals surface area contributed by atoms with E-state index in [1.54, 1.807) is 12.5 Å². The maximum absolute atomic E-state index is 8.46. The van der Waals surface area contributed by atoms with Gasteiger partial charge in [-0.1, -0.05) is 18.2 Å². The molecule has 1 aromatic rings. The molecule has 0 bridgehead atoms. The quantitative estimate of drug-likeness (QED) is 0.615. The van der Waals surface area contributed by atoms with Crippen LogP contribution in [0.2, 0.25) is 0 Å². The van der Waals surface area contributed by atoms with Gasteiger partial charge in [-0.15, -0.1) is 0 Å². The molecule has 4 heteroatoms. The number of hydrogen-bond donors (Lipinski definition) is 1. The zero-order valence-electron chi connectivity index (χ0n) is 6.14. The van der Waals surface area contributed by atoms with Crippen LogP contribution in [0.1, 0.15) is 18.5 Å². The van der Waals surface area contributed by atoms with Gasteiger partial charge in [0, 0.05) is 27.0 Å². The Morgan fingerprint density at radius 1 is 1.45 bits per heavy atom. The second kappa shape index (κ2) is 6.54. The van der Waals surface area contributed by atoms with Crippen LogP contribution >= 0.6 is 0 Å². The molecule has 0 aliphatic carbocycles. The van der Waals surface area contributed by atoms with Crippen molar-refractivity contribution >= 4 is 0 Å². The fourth-order valence-electron chi connectivity index (χ4n) is 0.807. The minimum absolute atomic E-state index is 0. The average Bonchev–Trinajstić information content (AvgIpc) is 2.41. The largest absolute Gasteiger partial charge is 0.450 e. The first-order valence-electron chi connectivity index (χ1n) is 3.46. The molecule has 1 N–H and O–H groups in total. The first-order valence-corrected chi connectivity index (χ1v) is 3.46. The van der Waals surface area contributed by atoms with Crippen LogP contribution in [-0.4, -0.2) is 16.7 Å². The molecule has 0 radical (unpaired) electrons. The van der Waals surface area contributed by atoms with Crippen LogP contribution in [0.25, 0.3) is 0 Å². The first-order chi connectivity index (χ1) is 4.93. The summed E-state index contributed by atoms with van der Waals surface area (Å²) in [6.07, 6.45) is 6.09. The van der Waals surface area contributed by atoms with E-state index < -0.39 is 0 Å². The first kappa shape index (κ1) is 10.8. The van der Waals surface area contributed by atoms with E-state index in [9.17, 15) is 0 Å². The second-order valence-corrected chi connectivity index (χ2v) is 2.19. The summed E-state index contributed by atoms with van der Waals surface area (Å²) in [7, 11) is 0. The van der Waals surface area contributed by atoms with E-state index in [4.69, 9.17) is 5.11 Å². The smallest absolute Gasteiger partial charge is 0.0431 e. The van der Waals surface area contributed by atoms with Gasteiger partial charge in [-0.2, -0.15) is 0 Å². The molecule has 0 saturated heterocycles. The van der Waals surface area contributed by atoms with E-state index in [1.165, 1.54) is 0 Å². The number of aliphatic hydroxyl groups excluding tert-OH is 1. The normalized spacial score (nSPS) is 9.18. The summed E-state index contributed by atoms with van der Waals surface area (Å²) in [5, 5.41) is 8.46. The van der Waals surface area contributed by atoms with Crippen LogP contribution in [0.3, 0.4) is 0 Å². The van der Waals surface area contributed by atoms with E-state index in [-0.39, 0.29) is 27.0 Å². The Bertz CT molecular complexity index is 165. The number of unbranched alkanes of at least 4 members (excludes halogenated alkanes) is 1. The van der Waals surface area contributed by atoms with Gasteiger partial charge >= 0.3 is 0 Å². The summed E-state index contributed by atoms with van der Waals surface area (Å²) in [4.78, 5) is 7.82. The molecule has 66 valence electrons. The molecule has 1 aromatic heterocycles. The predicted molar refractivity (Wildman–Crippen MR) is 37.6 cm³/mol. The van der Waals surface area contributed by atoms with Crippen molar-refractivity contribution in [1.29, 1.82) is 0 Å². The maximum Gasteiger partial charge on any atom is 0.0431 e. The van der Waals surface area contributed by atoms with Crippen LogP contribution in [-0.2, 0) is 26.8 Å². The summed E-state index contributed by atoms with van der Waals surface area (Å²) in [6, 6.07) is 0. The van der Waals surface area contributed by atoms with Crippen molar-refractivity contribution in [2.24, 2.45) is 0 Å². The molecule has 1 rings (SSSR count). The summed E-state index contributed by atoms with van der Waals surface area (Å²) < 4.78 is 0. The Hall–Kier alpha value is -0.168.